The SMILES string of the molecule is CCCc1ccccc1NC(=O)NC1CCN(CC(C)C)CC1. The van der Waals surface area contributed by atoms with Gasteiger partial charge in [0, 0.05) is 31.4 Å². The van der Waals surface area contributed by atoms with Crippen molar-refractivity contribution < 1.29 is 4.79 Å². The number of piperidine rings is 1. The van der Waals surface area contributed by atoms with Crippen LogP contribution in [-0.4, -0.2) is 36.6 Å². The Kier molecular flexibility index (Phi) is 6.90. The molecule has 1 aromatic carbocycles. The highest BCUT2D eigenvalue weighted by Gasteiger charge is 2.21. The molecule has 1 heterocycles. The first-order chi connectivity index (χ1) is 11.1. The van der Waals surface area contributed by atoms with Crippen LogP contribution in [0.4, 0.5) is 10.5 Å². The van der Waals surface area contributed by atoms with Gasteiger partial charge >= 0.3 is 6.03 Å². The number of nitrogens with zero attached hydrogens (tertiary/aromatic N) is 1. The fourth-order valence-corrected chi connectivity index (χ4v) is 3.25. The molecule has 1 fully saturated rings. The number of para-hydroxylation sites is 1. The van der Waals surface area contributed by atoms with Crippen LogP contribution < -0.4 is 10.6 Å². The van der Waals surface area contributed by atoms with Crippen molar-refractivity contribution in [2.24, 2.45) is 5.92 Å². The summed E-state index contributed by atoms with van der Waals surface area (Å²) < 4.78 is 0. The van der Waals surface area contributed by atoms with Crippen LogP contribution in [0.15, 0.2) is 24.3 Å². The average Bonchev–Trinajstić information content (AvgIpc) is 2.51. The van der Waals surface area contributed by atoms with Gasteiger partial charge in [0.05, 0.1) is 0 Å². The smallest absolute Gasteiger partial charge is 0.319 e. The normalized spacial score (nSPS) is 16.5. The van der Waals surface area contributed by atoms with E-state index in [4.69, 9.17) is 0 Å². The van der Waals surface area contributed by atoms with Gasteiger partial charge < -0.3 is 15.5 Å². The van der Waals surface area contributed by atoms with Crippen molar-refractivity contribution in [2.45, 2.75) is 52.5 Å². The zero-order valence-electron chi connectivity index (χ0n) is 14.8. The zero-order valence-corrected chi connectivity index (χ0v) is 14.8. The zero-order chi connectivity index (χ0) is 16.7. The fourth-order valence-electron chi connectivity index (χ4n) is 3.25. The summed E-state index contributed by atoms with van der Waals surface area (Å²) in [6.45, 7) is 9.98. The predicted molar refractivity (Wildman–Crippen MR) is 96.9 cm³/mol. The molecule has 2 rings (SSSR count). The third-order valence-electron chi connectivity index (χ3n) is 4.33. The Balaban J connectivity index is 1.80. The molecule has 0 unspecified atom stereocenters. The van der Waals surface area contributed by atoms with Crippen LogP contribution in [-0.2, 0) is 6.42 Å². The topological polar surface area (TPSA) is 44.4 Å². The molecule has 1 aliphatic rings. The van der Waals surface area contributed by atoms with Crippen molar-refractivity contribution in [3.05, 3.63) is 29.8 Å². The number of aryl methyl sites for hydroxylation is 1. The van der Waals surface area contributed by atoms with E-state index in [2.05, 4.69) is 42.4 Å². The van der Waals surface area contributed by atoms with E-state index in [1.165, 1.54) is 5.56 Å². The van der Waals surface area contributed by atoms with Crippen LogP contribution >= 0.6 is 0 Å². The molecule has 4 nitrogen and oxygen atoms in total. The van der Waals surface area contributed by atoms with Gasteiger partial charge in [-0.25, -0.2) is 4.79 Å². The molecule has 23 heavy (non-hydrogen) atoms. The molecule has 0 atom stereocenters. The summed E-state index contributed by atoms with van der Waals surface area (Å²) >= 11 is 0. The lowest BCUT2D eigenvalue weighted by molar-refractivity contribution is 0.180. The van der Waals surface area contributed by atoms with E-state index in [-0.39, 0.29) is 12.1 Å². The van der Waals surface area contributed by atoms with E-state index < -0.39 is 0 Å². The van der Waals surface area contributed by atoms with Crippen LogP contribution in [0.25, 0.3) is 0 Å². The number of carbonyl (C=O) groups excluding carboxylic acids is 1. The molecule has 0 bridgehead atoms. The second kappa shape index (κ2) is 8.92. The Labute approximate surface area is 140 Å². The second-order valence-electron chi connectivity index (χ2n) is 6.97. The van der Waals surface area contributed by atoms with E-state index >= 15 is 0 Å². The fraction of sp³-hybridized carbons (Fsp3) is 0.632. The average molecular weight is 317 g/mol. The maximum Gasteiger partial charge on any atom is 0.319 e. The number of likely N-dealkylation sites (tertiary alicyclic amines) is 1. The minimum atomic E-state index is -0.0733. The Morgan fingerprint density at radius 1 is 1.26 bits per heavy atom. The van der Waals surface area contributed by atoms with Crippen molar-refractivity contribution in [3.8, 4) is 0 Å². The summed E-state index contributed by atoms with van der Waals surface area (Å²) in [5.74, 6) is 0.706. The van der Waals surface area contributed by atoms with Crippen molar-refractivity contribution in [1.29, 1.82) is 0 Å². The molecule has 1 aromatic rings. The van der Waals surface area contributed by atoms with Crippen LogP contribution in [0.1, 0.15) is 45.6 Å². The van der Waals surface area contributed by atoms with Gasteiger partial charge in [0.15, 0.2) is 0 Å². The first-order valence-electron chi connectivity index (χ1n) is 8.96. The van der Waals surface area contributed by atoms with E-state index in [1.807, 2.05) is 18.2 Å². The van der Waals surface area contributed by atoms with Gasteiger partial charge in [0.1, 0.15) is 0 Å². The maximum absolute atomic E-state index is 12.3. The lowest BCUT2D eigenvalue weighted by Gasteiger charge is -2.33. The molecular weight excluding hydrogens is 286 g/mol. The summed E-state index contributed by atoms with van der Waals surface area (Å²) in [5.41, 5.74) is 2.14. The Morgan fingerprint density at radius 2 is 1.96 bits per heavy atom. The number of carbonyl (C=O) groups is 1. The molecule has 0 aliphatic carbocycles. The van der Waals surface area contributed by atoms with Gasteiger partial charge in [-0.15, -0.1) is 0 Å². The van der Waals surface area contributed by atoms with E-state index in [1.54, 1.807) is 0 Å². The molecule has 0 spiro atoms. The van der Waals surface area contributed by atoms with Gasteiger partial charge in [0.2, 0.25) is 0 Å². The third kappa shape index (κ3) is 5.87. The molecule has 0 aromatic heterocycles. The summed E-state index contributed by atoms with van der Waals surface area (Å²) in [6, 6.07) is 8.28. The number of benzene rings is 1. The molecular formula is C19H31N3O. The molecule has 2 N–H and O–H groups in total. The van der Waals surface area contributed by atoms with Gasteiger partial charge in [-0.1, -0.05) is 45.4 Å². The largest absolute Gasteiger partial charge is 0.335 e. The lowest BCUT2D eigenvalue weighted by Crippen LogP contribution is -2.46. The Morgan fingerprint density at radius 3 is 2.61 bits per heavy atom. The van der Waals surface area contributed by atoms with E-state index in [9.17, 15) is 4.79 Å². The van der Waals surface area contributed by atoms with Crippen LogP contribution in [0, 0.1) is 5.92 Å². The summed E-state index contributed by atoms with van der Waals surface area (Å²) in [7, 11) is 0. The number of urea groups is 1. The highest BCUT2D eigenvalue weighted by atomic mass is 16.2. The molecule has 0 saturated carbocycles. The van der Waals surface area contributed by atoms with E-state index in [0.717, 1.165) is 51.0 Å². The highest BCUT2D eigenvalue weighted by Crippen LogP contribution is 2.17. The number of hydrogen-bond donors (Lipinski definition) is 2. The van der Waals surface area contributed by atoms with Crippen molar-refractivity contribution >= 4 is 11.7 Å². The Hall–Kier alpha value is -1.55. The van der Waals surface area contributed by atoms with Gasteiger partial charge in [0.25, 0.3) is 0 Å². The first kappa shape index (κ1) is 17.8. The number of anilines is 1. The summed E-state index contributed by atoms with van der Waals surface area (Å²) in [6.07, 6.45) is 4.15. The molecule has 4 heteroatoms. The monoisotopic (exact) mass is 317 g/mol. The summed E-state index contributed by atoms with van der Waals surface area (Å²) in [5, 5.41) is 6.16. The van der Waals surface area contributed by atoms with Gasteiger partial charge in [-0.3, -0.25) is 0 Å². The molecule has 128 valence electrons. The maximum atomic E-state index is 12.3. The summed E-state index contributed by atoms with van der Waals surface area (Å²) in [4.78, 5) is 14.8. The Bertz CT molecular complexity index is 493. The number of hydrogen-bond acceptors (Lipinski definition) is 2. The lowest BCUT2D eigenvalue weighted by atomic mass is 10.0. The quantitative estimate of drug-likeness (QED) is 0.836. The van der Waals surface area contributed by atoms with Crippen molar-refractivity contribution in [2.75, 3.05) is 25.0 Å². The van der Waals surface area contributed by atoms with Crippen molar-refractivity contribution in [3.63, 3.8) is 0 Å². The predicted octanol–water partition coefficient (Wildman–Crippen LogP) is 3.88. The standard InChI is InChI=1S/C19H31N3O/c1-4-7-16-8-5-6-9-18(16)21-19(23)20-17-10-12-22(13-11-17)14-15(2)3/h5-6,8-9,15,17H,4,7,10-14H2,1-3H3,(H2,20,21,23). The molecule has 1 saturated heterocycles. The molecule has 1 aliphatic heterocycles. The van der Waals surface area contributed by atoms with Crippen LogP contribution in [0.3, 0.4) is 0 Å². The third-order valence-corrected chi connectivity index (χ3v) is 4.33. The second-order valence-corrected chi connectivity index (χ2v) is 6.97. The van der Waals surface area contributed by atoms with Gasteiger partial charge in [-0.2, -0.15) is 0 Å². The number of amides is 2. The minimum absolute atomic E-state index is 0.0733. The highest BCUT2D eigenvalue weighted by molar-refractivity contribution is 5.90. The van der Waals surface area contributed by atoms with Crippen LogP contribution in [0.2, 0.25) is 0 Å². The molecule has 0 radical (unpaired) electrons. The number of nitrogens with one attached hydrogen (secondary N) is 2. The minimum Gasteiger partial charge on any atom is -0.335 e. The van der Waals surface area contributed by atoms with E-state index in [0.29, 0.717) is 5.92 Å². The molecule has 2 amide bonds. The first-order valence-corrected chi connectivity index (χ1v) is 8.96. The number of rotatable bonds is 6. The van der Waals surface area contributed by atoms with Crippen LogP contribution in [0.5, 0.6) is 0 Å². The van der Waals surface area contributed by atoms with Crippen molar-refractivity contribution in [1.82, 2.24) is 10.2 Å². The van der Waals surface area contributed by atoms with Gasteiger partial charge in [-0.05, 0) is 36.8 Å².